The normalized spacial score (nSPS) is 36.9. The van der Waals surface area contributed by atoms with Crippen molar-refractivity contribution in [2.75, 3.05) is 0 Å². The van der Waals surface area contributed by atoms with Crippen molar-refractivity contribution in [2.45, 2.75) is 63.7 Å². The number of alkyl halides is 6. The highest BCUT2D eigenvalue weighted by atomic mass is 19.4. The lowest BCUT2D eigenvalue weighted by Crippen LogP contribution is -2.34. The lowest BCUT2D eigenvalue weighted by Gasteiger charge is -2.39. The Morgan fingerprint density at radius 3 is 1.60 bits per heavy atom. The predicted molar refractivity (Wildman–Crippen MR) is 63.0 cm³/mol. The third-order valence-corrected chi connectivity index (χ3v) is 5.08. The molecule has 2 aliphatic carbocycles. The van der Waals surface area contributed by atoms with Crippen molar-refractivity contribution in [2.24, 2.45) is 23.7 Å². The van der Waals surface area contributed by atoms with E-state index in [2.05, 4.69) is 0 Å². The van der Waals surface area contributed by atoms with Crippen LogP contribution in [0.3, 0.4) is 0 Å². The van der Waals surface area contributed by atoms with E-state index >= 15 is 0 Å². The van der Waals surface area contributed by atoms with E-state index in [4.69, 9.17) is 0 Å². The van der Waals surface area contributed by atoms with E-state index in [0.717, 1.165) is 6.42 Å². The molecule has 2 unspecified atom stereocenters. The number of halogens is 6. The molecule has 0 heterocycles. The second-order valence-electron chi connectivity index (χ2n) is 6.32. The average molecular weight is 302 g/mol. The van der Waals surface area contributed by atoms with Crippen LogP contribution in [0.5, 0.6) is 0 Å². The summed E-state index contributed by atoms with van der Waals surface area (Å²) >= 11 is 0. The van der Waals surface area contributed by atoms with Gasteiger partial charge in [-0.25, -0.2) is 0 Å². The van der Waals surface area contributed by atoms with Gasteiger partial charge < -0.3 is 0 Å². The van der Waals surface area contributed by atoms with Crippen molar-refractivity contribution in [1.29, 1.82) is 0 Å². The summed E-state index contributed by atoms with van der Waals surface area (Å²) in [6.07, 6.45) is -5.68. The summed E-state index contributed by atoms with van der Waals surface area (Å²) in [5, 5.41) is 0. The fourth-order valence-electron chi connectivity index (χ4n) is 3.87. The zero-order chi connectivity index (χ0) is 15.0. The maximum Gasteiger partial charge on any atom is 0.391 e. The molecule has 0 aromatic carbocycles. The Balaban J connectivity index is 1.87. The molecule has 2 saturated carbocycles. The van der Waals surface area contributed by atoms with Gasteiger partial charge in [0.05, 0.1) is 11.8 Å². The summed E-state index contributed by atoms with van der Waals surface area (Å²) in [6.45, 7) is 0. The van der Waals surface area contributed by atoms with Crippen LogP contribution in [0, 0.1) is 23.7 Å². The van der Waals surface area contributed by atoms with Crippen LogP contribution in [-0.4, -0.2) is 12.4 Å². The second kappa shape index (κ2) is 5.76. The lowest BCUT2D eigenvalue weighted by molar-refractivity contribution is -0.192. The summed E-state index contributed by atoms with van der Waals surface area (Å²) in [7, 11) is 0. The molecule has 0 spiro atoms. The molecule has 0 radical (unpaired) electrons. The van der Waals surface area contributed by atoms with Gasteiger partial charge in [-0.1, -0.05) is 12.8 Å². The smallest absolute Gasteiger partial charge is 0.171 e. The summed E-state index contributed by atoms with van der Waals surface area (Å²) in [6, 6.07) is 0. The molecule has 0 aromatic heterocycles. The molecule has 2 aliphatic rings. The highest BCUT2D eigenvalue weighted by Gasteiger charge is 2.46. The van der Waals surface area contributed by atoms with Crippen molar-refractivity contribution in [3.63, 3.8) is 0 Å². The molecule has 0 amide bonds. The molecule has 0 N–H and O–H groups in total. The highest BCUT2D eigenvalue weighted by molar-refractivity contribution is 4.85. The van der Waals surface area contributed by atoms with Crippen LogP contribution in [0.15, 0.2) is 0 Å². The van der Waals surface area contributed by atoms with Crippen molar-refractivity contribution >= 4 is 0 Å². The van der Waals surface area contributed by atoms with Crippen LogP contribution in [0.4, 0.5) is 26.3 Å². The molecule has 0 saturated heterocycles. The maximum atomic E-state index is 12.8. The molecule has 118 valence electrons. The van der Waals surface area contributed by atoms with Crippen molar-refractivity contribution in [1.82, 2.24) is 0 Å². The number of hydrogen-bond donors (Lipinski definition) is 0. The standard InChI is InChI=1S/C14H20F6/c15-13(16,17)11-6-4-9(5-7-11)10-2-1-3-12(8-10)14(18,19)20/h9-12H,1-8H2. The molecule has 0 bridgehead atoms. The van der Waals surface area contributed by atoms with E-state index < -0.39 is 24.2 Å². The summed E-state index contributed by atoms with van der Waals surface area (Å²) < 4.78 is 76.0. The third kappa shape index (κ3) is 3.82. The largest absolute Gasteiger partial charge is 0.391 e. The molecule has 2 rings (SSSR count). The first-order valence-corrected chi connectivity index (χ1v) is 7.31. The van der Waals surface area contributed by atoms with Gasteiger partial charge in [-0.15, -0.1) is 0 Å². The van der Waals surface area contributed by atoms with Gasteiger partial charge in [-0.05, 0) is 50.4 Å². The SMILES string of the molecule is FC(F)(F)C1CCC(C2CCCC(C(F)(F)F)C2)CC1. The average Bonchev–Trinajstić information content (AvgIpc) is 2.37. The number of rotatable bonds is 1. The Kier molecular flexibility index (Phi) is 4.59. The minimum atomic E-state index is -4.15. The zero-order valence-corrected chi connectivity index (χ0v) is 11.2. The van der Waals surface area contributed by atoms with Crippen LogP contribution >= 0.6 is 0 Å². The first-order valence-electron chi connectivity index (χ1n) is 7.31. The molecule has 0 aliphatic heterocycles. The first kappa shape index (κ1) is 16.0. The van der Waals surface area contributed by atoms with Gasteiger partial charge in [-0.3, -0.25) is 0 Å². The minimum absolute atomic E-state index is 0.0374. The van der Waals surface area contributed by atoms with Crippen LogP contribution in [0.2, 0.25) is 0 Å². The van der Waals surface area contributed by atoms with E-state index in [1.807, 2.05) is 0 Å². The Labute approximate surface area is 114 Å². The quantitative estimate of drug-likeness (QED) is 0.543. The molecule has 0 nitrogen and oxygen atoms in total. The van der Waals surface area contributed by atoms with Gasteiger partial charge in [0.15, 0.2) is 0 Å². The Morgan fingerprint density at radius 2 is 1.10 bits per heavy atom. The Morgan fingerprint density at radius 1 is 0.550 bits per heavy atom. The fraction of sp³-hybridized carbons (Fsp3) is 1.00. The van der Waals surface area contributed by atoms with Gasteiger partial charge >= 0.3 is 12.4 Å². The lowest BCUT2D eigenvalue weighted by atomic mass is 9.68. The van der Waals surface area contributed by atoms with Crippen molar-refractivity contribution < 1.29 is 26.3 Å². The highest BCUT2D eigenvalue weighted by Crippen LogP contribution is 2.48. The van der Waals surface area contributed by atoms with Gasteiger partial charge in [0.25, 0.3) is 0 Å². The monoisotopic (exact) mass is 302 g/mol. The van der Waals surface area contributed by atoms with E-state index in [0.29, 0.717) is 19.3 Å². The van der Waals surface area contributed by atoms with Gasteiger partial charge in [-0.2, -0.15) is 26.3 Å². The van der Waals surface area contributed by atoms with E-state index in [1.54, 1.807) is 0 Å². The summed E-state index contributed by atoms with van der Waals surface area (Å²) in [4.78, 5) is 0. The van der Waals surface area contributed by atoms with Crippen molar-refractivity contribution in [3.8, 4) is 0 Å². The molecular formula is C14H20F6. The van der Waals surface area contributed by atoms with E-state index in [1.165, 1.54) is 0 Å². The third-order valence-electron chi connectivity index (χ3n) is 5.08. The van der Waals surface area contributed by atoms with Crippen molar-refractivity contribution in [3.05, 3.63) is 0 Å². The molecule has 2 fully saturated rings. The van der Waals surface area contributed by atoms with E-state index in [-0.39, 0.29) is 37.5 Å². The van der Waals surface area contributed by atoms with Crippen LogP contribution < -0.4 is 0 Å². The zero-order valence-electron chi connectivity index (χ0n) is 11.2. The maximum absolute atomic E-state index is 12.8. The number of hydrogen-bond acceptors (Lipinski definition) is 0. The van der Waals surface area contributed by atoms with E-state index in [9.17, 15) is 26.3 Å². The molecule has 0 aromatic rings. The summed E-state index contributed by atoms with van der Waals surface area (Å²) in [5.41, 5.74) is 0. The second-order valence-corrected chi connectivity index (χ2v) is 6.32. The van der Waals surface area contributed by atoms with Gasteiger partial charge in [0, 0.05) is 0 Å². The predicted octanol–water partition coefficient (Wildman–Crippen LogP) is 5.72. The molecular weight excluding hydrogens is 282 g/mol. The molecule has 6 heteroatoms. The van der Waals surface area contributed by atoms with Crippen LogP contribution in [0.25, 0.3) is 0 Å². The first-order chi connectivity index (χ1) is 9.18. The Hall–Kier alpha value is -0.420. The van der Waals surface area contributed by atoms with Crippen LogP contribution in [0.1, 0.15) is 51.4 Å². The topological polar surface area (TPSA) is 0 Å². The molecule has 20 heavy (non-hydrogen) atoms. The molecule has 2 atom stereocenters. The van der Waals surface area contributed by atoms with Gasteiger partial charge in [0.1, 0.15) is 0 Å². The van der Waals surface area contributed by atoms with Gasteiger partial charge in [0.2, 0.25) is 0 Å². The summed E-state index contributed by atoms with van der Waals surface area (Å²) in [5.74, 6) is -2.48. The minimum Gasteiger partial charge on any atom is -0.171 e. The fourth-order valence-corrected chi connectivity index (χ4v) is 3.87. The van der Waals surface area contributed by atoms with Crippen LogP contribution in [-0.2, 0) is 0 Å². The Bertz CT molecular complexity index is 311.